The first-order chi connectivity index (χ1) is 12.2. The number of benzene rings is 1. The minimum Gasteiger partial charge on any atom is -0.397 e. The molecular weight excluding hydrogens is 330 g/mol. The topological polar surface area (TPSA) is 58.3 Å². The van der Waals surface area contributed by atoms with E-state index in [1.807, 2.05) is 19.1 Å². The highest BCUT2D eigenvalue weighted by Crippen LogP contribution is 2.29. The molecule has 25 heavy (non-hydrogen) atoms. The molecule has 1 aliphatic rings. The van der Waals surface area contributed by atoms with Gasteiger partial charge in [0.2, 0.25) is 0 Å². The molecule has 0 aliphatic carbocycles. The maximum Gasteiger partial charge on any atom is 0.150 e. The summed E-state index contributed by atoms with van der Waals surface area (Å²) in [6.45, 7) is 7.16. The van der Waals surface area contributed by atoms with Gasteiger partial charge < -0.3 is 10.6 Å². The molecule has 1 saturated heterocycles. The second-order valence-corrected chi connectivity index (χ2v) is 7.37. The number of aromatic nitrogens is 2. The second kappa shape index (κ2) is 6.98. The molecule has 6 heteroatoms. The number of piperazine rings is 1. The van der Waals surface area contributed by atoms with Crippen LogP contribution in [0, 0.1) is 6.92 Å². The fourth-order valence-corrected chi connectivity index (χ4v) is 4.17. The molecule has 1 fully saturated rings. The summed E-state index contributed by atoms with van der Waals surface area (Å²) in [4.78, 5) is 9.48. The number of aryl methyl sites for hydroxylation is 1. The van der Waals surface area contributed by atoms with Crippen LogP contribution in [-0.2, 0) is 6.42 Å². The first-order valence-corrected chi connectivity index (χ1v) is 9.52. The molecule has 5 nitrogen and oxygen atoms in total. The maximum absolute atomic E-state index is 6.05. The van der Waals surface area contributed by atoms with Gasteiger partial charge in [-0.3, -0.25) is 9.88 Å². The van der Waals surface area contributed by atoms with E-state index in [4.69, 9.17) is 5.73 Å². The number of anilines is 2. The molecule has 0 amide bonds. The van der Waals surface area contributed by atoms with Gasteiger partial charge in [-0.2, -0.15) is 4.37 Å². The van der Waals surface area contributed by atoms with Crippen LogP contribution in [-0.4, -0.2) is 47.0 Å². The van der Waals surface area contributed by atoms with Gasteiger partial charge in [-0.1, -0.05) is 12.1 Å². The zero-order valence-electron chi connectivity index (χ0n) is 14.5. The lowest BCUT2D eigenvalue weighted by molar-refractivity contribution is 0.260. The van der Waals surface area contributed by atoms with E-state index in [2.05, 4.69) is 43.4 Å². The van der Waals surface area contributed by atoms with Crippen molar-refractivity contribution in [2.24, 2.45) is 0 Å². The van der Waals surface area contributed by atoms with E-state index in [1.54, 1.807) is 11.5 Å². The summed E-state index contributed by atoms with van der Waals surface area (Å²) in [6, 6.07) is 12.4. The Bertz CT molecular complexity index is 867. The largest absolute Gasteiger partial charge is 0.397 e. The van der Waals surface area contributed by atoms with Crippen LogP contribution in [0.5, 0.6) is 0 Å². The zero-order valence-corrected chi connectivity index (χ0v) is 15.3. The highest BCUT2D eigenvalue weighted by Gasteiger charge is 2.20. The number of hydrogen-bond donors (Lipinski definition) is 1. The van der Waals surface area contributed by atoms with Crippen LogP contribution in [0.3, 0.4) is 0 Å². The molecule has 0 unspecified atom stereocenters. The van der Waals surface area contributed by atoms with E-state index >= 15 is 0 Å². The van der Waals surface area contributed by atoms with Crippen molar-refractivity contribution < 1.29 is 0 Å². The Morgan fingerprint density at radius 2 is 1.88 bits per heavy atom. The van der Waals surface area contributed by atoms with Gasteiger partial charge >= 0.3 is 0 Å². The van der Waals surface area contributed by atoms with Crippen molar-refractivity contribution in [3.8, 4) is 0 Å². The standard InChI is InChI=1S/C19H23N5S/c1-14-6-7-16(20)17(21-14)8-9-23-10-12-24(13-11-23)19-15-4-2-3-5-18(15)25-22-19/h2-7H,8-13,20H2,1H3. The molecule has 0 spiro atoms. The average Bonchev–Trinajstić information content (AvgIpc) is 3.07. The van der Waals surface area contributed by atoms with Crippen LogP contribution in [0.1, 0.15) is 11.4 Å². The Labute approximate surface area is 152 Å². The highest BCUT2D eigenvalue weighted by molar-refractivity contribution is 7.13. The maximum atomic E-state index is 6.05. The number of nitrogens with two attached hydrogens (primary N) is 1. The molecular formula is C19H23N5S. The lowest BCUT2D eigenvalue weighted by Crippen LogP contribution is -2.47. The lowest BCUT2D eigenvalue weighted by Gasteiger charge is -2.35. The number of nitrogen functional groups attached to an aromatic ring is 1. The van der Waals surface area contributed by atoms with E-state index in [0.717, 1.165) is 62.0 Å². The van der Waals surface area contributed by atoms with Crippen molar-refractivity contribution in [2.45, 2.75) is 13.3 Å². The molecule has 0 saturated carbocycles. The number of rotatable bonds is 4. The molecule has 2 N–H and O–H groups in total. The normalized spacial score (nSPS) is 15.8. The quantitative estimate of drug-likeness (QED) is 0.781. The molecule has 3 aromatic rings. The third-order valence-corrected chi connectivity index (χ3v) is 5.66. The highest BCUT2D eigenvalue weighted by atomic mass is 32.1. The first kappa shape index (κ1) is 16.3. The summed E-state index contributed by atoms with van der Waals surface area (Å²) in [5, 5.41) is 1.28. The average molecular weight is 353 g/mol. The minimum atomic E-state index is 0.804. The summed E-state index contributed by atoms with van der Waals surface area (Å²) in [5.41, 5.74) is 8.90. The van der Waals surface area contributed by atoms with Gasteiger partial charge in [0.05, 0.1) is 16.1 Å². The molecule has 1 aliphatic heterocycles. The predicted octanol–water partition coefficient (Wildman–Crippen LogP) is 2.95. The van der Waals surface area contributed by atoms with E-state index in [1.165, 1.54) is 10.1 Å². The zero-order chi connectivity index (χ0) is 17.2. The van der Waals surface area contributed by atoms with Crippen LogP contribution in [0.4, 0.5) is 11.5 Å². The molecule has 0 radical (unpaired) electrons. The van der Waals surface area contributed by atoms with E-state index < -0.39 is 0 Å². The van der Waals surface area contributed by atoms with Crippen molar-refractivity contribution in [2.75, 3.05) is 43.4 Å². The van der Waals surface area contributed by atoms with Crippen molar-refractivity contribution in [1.82, 2.24) is 14.3 Å². The van der Waals surface area contributed by atoms with Crippen molar-refractivity contribution in [3.63, 3.8) is 0 Å². The fourth-order valence-electron chi connectivity index (χ4n) is 3.37. The van der Waals surface area contributed by atoms with Gasteiger partial charge in [0.25, 0.3) is 0 Å². The summed E-state index contributed by atoms with van der Waals surface area (Å²) >= 11 is 1.59. The van der Waals surface area contributed by atoms with Crippen molar-refractivity contribution in [1.29, 1.82) is 0 Å². The van der Waals surface area contributed by atoms with Crippen LogP contribution < -0.4 is 10.6 Å². The summed E-state index contributed by atoms with van der Waals surface area (Å²) in [5.74, 6) is 1.14. The Morgan fingerprint density at radius 1 is 1.08 bits per heavy atom. The molecule has 4 rings (SSSR count). The van der Waals surface area contributed by atoms with Gasteiger partial charge in [-0.05, 0) is 42.7 Å². The lowest BCUT2D eigenvalue weighted by atomic mass is 10.2. The molecule has 0 atom stereocenters. The third kappa shape index (κ3) is 3.45. The van der Waals surface area contributed by atoms with Gasteiger partial charge in [0, 0.05) is 50.2 Å². The summed E-state index contributed by atoms with van der Waals surface area (Å²) in [7, 11) is 0. The molecule has 1 aromatic carbocycles. The van der Waals surface area contributed by atoms with Crippen molar-refractivity contribution >= 4 is 33.1 Å². The Morgan fingerprint density at radius 3 is 2.72 bits per heavy atom. The Hall–Kier alpha value is -2.18. The number of nitrogens with zero attached hydrogens (tertiary/aromatic N) is 4. The van der Waals surface area contributed by atoms with Crippen LogP contribution in [0.15, 0.2) is 36.4 Å². The molecule has 130 valence electrons. The molecule has 0 bridgehead atoms. The number of fused-ring (bicyclic) bond motifs is 1. The smallest absolute Gasteiger partial charge is 0.150 e. The molecule has 2 aromatic heterocycles. The van der Waals surface area contributed by atoms with Gasteiger partial charge in [0.15, 0.2) is 0 Å². The van der Waals surface area contributed by atoms with E-state index in [0.29, 0.717) is 0 Å². The Kier molecular flexibility index (Phi) is 4.55. The number of pyridine rings is 1. The second-order valence-electron chi connectivity index (χ2n) is 6.57. The van der Waals surface area contributed by atoms with Gasteiger partial charge in [-0.15, -0.1) is 0 Å². The monoisotopic (exact) mass is 353 g/mol. The van der Waals surface area contributed by atoms with Gasteiger partial charge in [0.1, 0.15) is 5.82 Å². The third-order valence-electron chi connectivity index (χ3n) is 4.84. The van der Waals surface area contributed by atoms with Gasteiger partial charge in [-0.25, -0.2) is 0 Å². The summed E-state index contributed by atoms with van der Waals surface area (Å²) in [6.07, 6.45) is 0.910. The fraction of sp³-hybridized carbons (Fsp3) is 0.368. The SMILES string of the molecule is Cc1ccc(N)c(CCN2CCN(c3nsc4ccccc34)CC2)n1. The Balaban J connectivity index is 1.36. The van der Waals surface area contributed by atoms with Crippen LogP contribution in [0.25, 0.3) is 10.1 Å². The predicted molar refractivity (Wildman–Crippen MR) is 105 cm³/mol. The molecule has 3 heterocycles. The first-order valence-electron chi connectivity index (χ1n) is 8.74. The van der Waals surface area contributed by atoms with E-state index in [-0.39, 0.29) is 0 Å². The van der Waals surface area contributed by atoms with Crippen LogP contribution >= 0.6 is 11.5 Å². The number of hydrogen-bond acceptors (Lipinski definition) is 6. The minimum absolute atomic E-state index is 0.804. The van der Waals surface area contributed by atoms with Crippen molar-refractivity contribution in [3.05, 3.63) is 47.8 Å². The van der Waals surface area contributed by atoms with E-state index in [9.17, 15) is 0 Å². The summed E-state index contributed by atoms with van der Waals surface area (Å²) < 4.78 is 5.95. The van der Waals surface area contributed by atoms with Crippen LogP contribution in [0.2, 0.25) is 0 Å².